The number of imide groups is 1. The van der Waals surface area contributed by atoms with Crippen molar-refractivity contribution < 1.29 is 19.2 Å². The zero-order valence-corrected chi connectivity index (χ0v) is 15.6. The molecule has 8 heteroatoms. The first-order chi connectivity index (χ1) is 14.0. The molecule has 2 aromatic rings. The van der Waals surface area contributed by atoms with Crippen LogP contribution >= 0.6 is 0 Å². The summed E-state index contributed by atoms with van der Waals surface area (Å²) < 4.78 is 0. The van der Waals surface area contributed by atoms with Gasteiger partial charge in [0.15, 0.2) is 0 Å². The number of hydrogen-bond donors (Lipinski definition) is 3. The summed E-state index contributed by atoms with van der Waals surface area (Å²) in [6, 6.07) is 13.6. The molecule has 2 aliphatic rings. The standard InChI is InChI=1S/C21H20N4O4/c26-18-9-8-17(19(27)24-18)25-12-14-10-15(6-7-16(14)20(25)28)23-21(29)22-11-13-4-2-1-3-5-13/h1-7,10,17H,8-9,11-12H2,(H2,22,23,29)(H,24,26,27). The number of anilines is 1. The van der Waals surface area contributed by atoms with Gasteiger partial charge in [-0.05, 0) is 35.7 Å². The summed E-state index contributed by atoms with van der Waals surface area (Å²) in [7, 11) is 0. The molecule has 2 aromatic carbocycles. The Hall–Kier alpha value is -3.68. The van der Waals surface area contributed by atoms with E-state index >= 15 is 0 Å². The van der Waals surface area contributed by atoms with Gasteiger partial charge in [0.25, 0.3) is 5.91 Å². The van der Waals surface area contributed by atoms with Crippen LogP contribution in [0.15, 0.2) is 48.5 Å². The van der Waals surface area contributed by atoms with Crippen LogP contribution < -0.4 is 16.0 Å². The first-order valence-electron chi connectivity index (χ1n) is 9.37. The summed E-state index contributed by atoms with van der Waals surface area (Å²) in [6.45, 7) is 0.668. The number of benzene rings is 2. The molecule has 0 bridgehead atoms. The maximum atomic E-state index is 12.7. The molecule has 5 amide bonds. The van der Waals surface area contributed by atoms with E-state index < -0.39 is 11.9 Å². The zero-order valence-electron chi connectivity index (χ0n) is 15.6. The number of nitrogens with one attached hydrogen (secondary N) is 3. The largest absolute Gasteiger partial charge is 0.334 e. The average molecular weight is 392 g/mol. The minimum atomic E-state index is -0.654. The van der Waals surface area contributed by atoms with Crippen LogP contribution in [0.2, 0.25) is 0 Å². The Morgan fingerprint density at radius 1 is 1.10 bits per heavy atom. The van der Waals surface area contributed by atoms with Gasteiger partial charge in [-0.15, -0.1) is 0 Å². The Labute approximate surface area is 167 Å². The fraction of sp³-hybridized carbons (Fsp3) is 0.238. The van der Waals surface area contributed by atoms with E-state index in [0.29, 0.717) is 24.2 Å². The van der Waals surface area contributed by atoms with Gasteiger partial charge in [0, 0.05) is 30.8 Å². The number of hydrogen-bond acceptors (Lipinski definition) is 4. The molecule has 4 rings (SSSR count). The SMILES string of the molecule is O=C1CCC(N2Cc3cc(NC(=O)NCc4ccccc4)ccc3C2=O)C(=O)N1. The van der Waals surface area contributed by atoms with Gasteiger partial charge in [-0.3, -0.25) is 19.7 Å². The zero-order chi connectivity index (χ0) is 20.4. The number of piperidine rings is 1. The number of nitrogens with zero attached hydrogens (tertiary/aromatic N) is 1. The topological polar surface area (TPSA) is 108 Å². The van der Waals surface area contributed by atoms with Crippen molar-refractivity contribution in [1.29, 1.82) is 0 Å². The van der Waals surface area contributed by atoms with Gasteiger partial charge in [-0.2, -0.15) is 0 Å². The highest BCUT2D eigenvalue weighted by Gasteiger charge is 2.39. The summed E-state index contributed by atoms with van der Waals surface area (Å²) in [6.07, 6.45) is 0.530. The monoisotopic (exact) mass is 392 g/mol. The third-order valence-corrected chi connectivity index (χ3v) is 5.08. The lowest BCUT2D eigenvalue weighted by molar-refractivity contribution is -0.136. The number of urea groups is 1. The summed E-state index contributed by atoms with van der Waals surface area (Å²) in [5.74, 6) is -1.00. The lowest BCUT2D eigenvalue weighted by Crippen LogP contribution is -2.52. The predicted octanol–water partition coefficient (Wildman–Crippen LogP) is 1.77. The molecule has 29 heavy (non-hydrogen) atoms. The second kappa shape index (κ2) is 7.75. The minimum Gasteiger partial charge on any atom is -0.334 e. The number of carbonyl (C=O) groups excluding carboxylic acids is 4. The van der Waals surface area contributed by atoms with Crippen LogP contribution in [0.25, 0.3) is 0 Å². The summed E-state index contributed by atoms with van der Waals surface area (Å²) >= 11 is 0. The molecule has 3 N–H and O–H groups in total. The molecule has 0 radical (unpaired) electrons. The fourth-order valence-electron chi connectivity index (χ4n) is 3.61. The highest BCUT2D eigenvalue weighted by molar-refractivity contribution is 6.05. The van der Waals surface area contributed by atoms with Crippen molar-refractivity contribution in [2.24, 2.45) is 0 Å². The van der Waals surface area contributed by atoms with Gasteiger partial charge in [0.1, 0.15) is 6.04 Å². The van der Waals surface area contributed by atoms with E-state index in [2.05, 4.69) is 16.0 Å². The summed E-state index contributed by atoms with van der Waals surface area (Å²) in [4.78, 5) is 49.7. The first-order valence-corrected chi connectivity index (χ1v) is 9.37. The first kappa shape index (κ1) is 18.7. The second-order valence-corrected chi connectivity index (χ2v) is 7.07. The molecule has 1 atom stereocenters. The van der Waals surface area contributed by atoms with Gasteiger partial charge < -0.3 is 15.5 Å². The van der Waals surface area contributed by atoms with E-state index in [9.17, 15) is 19.2 Å². The van der Waals surface area contributed by atoms with Crippen LogP contribution in [0, 0.1) is 0 Å². The van der Waals surface area contributed by atoms with E-state index in [0.717, 1.165) is 11.1 Å². The Kier molecular flexibility index (Phi) is 4.99. The molecule has 1 saturated heterocycles. The molecule has 1 unspecified atom stereocenters. The van der Waals surface area contributed by atoms with Gasteiger partial charge in [0.2, 0.25) is 11.8 Å². The van der Waals surface area contributed by atoms with E-state index in [-0.39, 0.29) is 30.8 Å². The quantitative estimate of drug-likeness (QED) is 0.689. The Balaban J connectivity index is 1.40. The van der Waals surface area contributed by atoms with Crippen LogP contribution in [-0.2, 0) is 22.7 Å². The van der Waals surface area contributed by atoms with Crippen LogP contribution in [0.1, 0.15) is 34.3 Å². The molecule has 0 aromatic heterocycles. The van der Waals surface area contributed by atoms with Crippen LogP contribution in [0.4, 0.5) is 10.5 Å². The van der Waals surface area contributed by atoms with Crippen molar-refractivity contribution in [3.8, 4) is 0 Å². The molecule has 2 heterocycles. The molecule has 8 nitrogen and oxygen atoms in total. The Bertz CT molecular complexity index is 989. The highest BCUT2D eigenvalue weighted by atomic mass is 16.2. The number of carbonyl (C=O) groups is 4. The van der Waals surface area contributed by atoms with Crippen molar-refractivity contribution in [2.75, 3.05) is 5.32 Å². The highest BCUT2D eigenvalue weighted by Crippen LogP contribution is 2.29. The number of rotatable bonds is 4. The molecule has 0 aliphatic carbocycles. The van der Waals surface area contributed by atoms with Crippen molar-refractivity contribution >= 4 is 29.4 Å². The van der Waals surface area contributed by atoms with Crippen LogP contribution in [-0.4, -0.2) is 34.7 Å². The van der Waals surface area contributed by atoms with E-state index in [1.807, 2.05) is 30.3 Å². The maximum absolute atomic E-state index is 12.7. The van der Waals surface area contributed by atoms with E-state index in [4.69, 9.17) is 0 Å². The Morgan fingerprint density at radius 3 is 2.66 bits per heavy atom. The van der Waals surface area contributed by atoms with Gasteiger partial charge in [-0.1, -0.05) is 30.3 Å². The molecule has 0 saturated carbocycles. The molecular formula is C21H20N4O4. The molecule has 1 fully saturated rings. The van der Waals surface area contributed by atoms with Gasteiger partial charge >= 0.3 is 6.03 Å². The summed E-state index contributed by atoms with van der Waals surface area (Å²) in [5, 5.41) is 7.83. The van der Waals surface area contributed by atoms with E-state index in [1.54, 1.807) is 18.2 Å². The van der Waals surface area contributed by atoms with Crippen LogP contribution in [0.5, 0.6) is 0 Å². The van der Waals surface area contributed by atoms with Gasteiger partial charge in [-0.25, -0.2) is 4.79 Å². The Morgan fingerprint density at radius 2 is 1.90 bits per heavy atom. The second-order valence-electron chi connectivity index (χ2n) is 7.07. The maximum Gasteiger partial charge on any atom is 0.319 e. The molecule has 0 spiro atoms. The average Bonchev–Trinajstić information content (AvgIpc) is 3.03. The third-order valence-electron chi connectivity index (χ3n) is 5.08. The number of fused-ring (bicyclic) bond motifs is 1. The van der Waals surface area contributed by atoms with E-state index in [1.165, 1.54) is 4.90 Å². The molecular weight excluding hydrogens is 372 g/mol. The predicted molar refractivity (Wildman–Crippen MR) is 105 cm³/mol. The van der Waals surface area contributed by atoms with Crippen molar-refractivity contribution in [2.45, 2.75) is 32.0 Å². The normalized spacial score (nSPS) is 18.3. The van der Waals surface area contributed by atoms with Crippen LogP contribution in [0.3, 0.4) is 0 Å². The molecule has 148 valence electrons. The van der Waals surface area contributed by atoms with Crippen molar-refractivity contribution in [1.82, 2.24) is 15.5 Å². The van der Waals surface area contributed by atoms with Gasteiger partial charge in [0.05, 0.1) is 0 Å². The number of amides is 5. The van der Waals surface area contributed by atoms with Crippen molar-refractivity contribution in [3.63, 3.8) is 0 Å². The summed E-state index contributed by atoms with van der Waals surface area (Å²) in [5.41, 5.74) is 2.79. The lowest BCUT2D eigenvalue weighted by atomic mass is 10.0. The minimum absolute atomic E-state index is 0.213. The van der Waals surface area contributed by atoms with Crippen molar-refractivity contribution in [3.05, 3.63) is 65.2 Å². The lowest BCUT2D eigenvalue weighted by Gasteiger charge is -2.29. The smallest absolute Gasteiger partial charge is 0.319 e. The molecule has 2 aliphatic heterocycles. The fourth-order valence-corrected chi connectivity index (χ4v) is 3.61. The third kappa shape index (κ3) is 3.96.